The summed E-state index contributed by atoms with van der Waals surface area (Å²) in [6.07, 6.45) is 6.88. The summed E-state index contributed by atoms with van der Waals surface area (Å²) in [5, 5.41) is 10.6. The van der Waals surface area contributed by atoms with Crippen molar-refractivity contribution in [1.82, 2.24) is 0 Å². The molecule has 0 fully saturated rings. The molecule has 1 aromatic rings. The first kappa shape index (κ1) is 10.3. The van der Waals surface area contributed by atoms with Crippen molar-refractivity contribution in [1.29, 1.82) is 0 Å². The molecule has 1 aliphatic rings. The number of carbonyl (C=O) groups is 1. The van der Waals surface area contributed by atoms with Crippen molar-refractivity contribution >= 4 is 17.8 Å². The van der Waals surface area contributed by atoms with Gasteiger partial charge in [0, 0.05) is 5.22 Å². The third-order valence-electron chi connectivity index (χ3n) is 2.19. The fourth-order valence-electron chi connectivity index (χ4n) is 1.42. The van der Waals surface area contributed by atoms with Gasteiger partial charge in [0.05, 0.1) is 11.8 Å². The van der Waals surface area contributed by atoms with Gasteiger partial charge in [0.25, 0.3) is 0 Å². The molecule has 0 aliphatic carbocycles. The Morgan fingerprint density at radius 1 is 1.44 bits per heavy atom. The maximum Gasteiger partial charge on any atom is 0.335 e. The first-order valence-electron chi connectivity index (χ1n) is 4.84. The highest BCUT2D eigenvalue weighted by Gasteiger charge is 2.00. The highest BCUT2D eigenvalue weighted by Crippen LogP contribution is 1.92. The first-order chi connectivity index (χ1) is 7.77. The van der Waals surface area contributed by atoms with Crippen LogP contribution >= 0.6 is 0 Å². The molecular weight excluding hydrogens is 204 g/mol. The Labute approximate surface area is 92.3 Å². The van der Waals surface area contributed by atoms with Crippen LogP contribution in [0, 0.1) is 0 Å². The third-order valence-corrected chi connectivity index (χ3v) is 2.19. The summed E-state index contributed by atoms with van der Waals surface area (Å²) in [7, 11) is 0. The molecule has 0 amide bonds. The molecule has 1 aliphatic heterocycles. The lowest BCUT2D eigenvalue weighted by Gasteiger charge is -1.93. The van der Waals surface area contributed by atoms with Crippen molar-refractivity contribution in [3.8, 4) is 0 Å². The lowest BCUT2D eigenvalue weighted by atomic mass is 10.1. The Morgan fingerprint density at radius 2 is 2.31 bits per heavy atom. The van der Waals surface area contributed by atoms with Gasteiger partial charge in [-0.3, -0.25) is 0 Å². The molecule has 0 spiro atoms. The van der Waals surface area contributed by atoms with E-state index in [9.17, 15) is 4.79 Å². The van der Waals surface area contributed by atoms with Crippen molar-refractivity contribution in [2.45, 2.75) is 0 Å². The van der Waals surface area contributed by atoms with Crippen LogP contribution in [0.4, 0.5) is 0 Å². The smallest absolute Gasteiger partial charge is 0.335 e. The monoisotopic (exact) mass is 214 g/mol. The van der Waals surface area contributed by atoms with Crippen LogP contribution in [-0.2, 0) is 4.74 Å². The summed E-state index contributed by atoms with van der Waals surface area (Å²) in [6, 6.07) is 4.93. The number of aromatic carboxylic acids is 1. The van der Waals surface area contributed by atoms with Crippen molar-refractivity contribution in [3.05, 3.63) is 52.6 Å². The minimum atomic E-state index is -0.930. The molecule has 1 N–H and O–H groups in total. The van der Waals surface area contributed by atoms with Crippen LogP contribution in [0.2, 0.25) is 0 Å². The molecule has 0 unspecified atom stereocenters. The van der Waals surface area contributed by atoms with Gasteiger partial charge in [-0.2, -0.15) is 0 Å². The van der Waals surface area contributed by atoms with Gasteiger partial charge in [-0.25, -0.2) is 4.79 Å². The fourth-order valence-corrected chi connectivity index (χ4v) is 1.42. The normalized spacial score (nSPS) is 17.4. The molecule has 80 valence electrons. The molecule has 0 atom stereocenters. The van der Waals surface area contributed by atoms with E-state index < -0.39 is 5.97 Å². The molecule has 0 bridgehead atoms. The molecule has 1 heterocycles. The molecule has 3 nitrogen and oxygen atoms in total. The van der Waals surface area contributed by atoms with Gasteiger partial charge in [-0.15, -0.1) is 5.73 Å². The number of benzene rings is 1. The van der Waals surface area contributed by atoms with Gasteiger partial charge < -0.3 is 9.84 Å². The van der Waals surface area contributed by atoms with E-state index in [1.165, 1.54) is 0 Å². The number of allylic oxidation sites excluding steroid dienone is 1. The van der Waals surface area contributed by atoms with Crippen LogP contribution in [0.3, 0.4) is 0 Å². The molecule has 0 aromatic heterocycles. The fraction of sp³-hybridized carbons (Fsp3) is 0.0769. The van der Waals surface area contributed by atoms with E-state index in [-0.39, 0.29) is 5.56 Å². The Kier molecular flexibility index (Phi) is 2.90. The van der Waals surface area contributed by atoms with Gasteiger partial charge in [-0.1, -0.05) is 6.08 Å². The minimum Gasteiger partial charge on any atom is -0.496 e. The summed E-state index contributed by atoms with van der Waals surface area (Å²) in [4.78, 5) is 10.8. The summed E-state index contributed by atoms with van der Waals surface area (Å²) < 4.78 is 5.12. The number of fused-ring (bicyclic) bond motifs is 1. The van der Waals surface area contributed by atoms with E-state index in [1.807, 2.05) is 0 Å². The number of hydrogen-bond acceptors (Lipinski definition) is 2. The van der Waals surface area contributed by atoms with E-state index in [4.69, 9.17) is 9.84 Å². The van der Waals surface area contributed by atoms with Crippen LogP contribution < -0.4 is 10.4 Å². The molecule has 2 rings (SSSR count). The van der Waals surface area contributed by atoms with Gasteiger partial charge in [0.2, 0.25) is 0 Å². The van der Waals surface area contributed by atoms with Crippen molar-refractivity contribution in [2.24, 2.45) is 0 Å². The Morgan fingerprint density at radius 3 is 3.12 bits per heavy atom. The average molecular weight is 214 g/mol. The van der Waals surface area contributed by atoms with Crippen LogP contribution in [0.25, 0.3) is 11.8 Å². The zero-order valence-electron chi connectivity index (χ0n) is 8.51. The number of ether oxygens (including phenoxy) is 1. The van der Waals surface area contributed by atoms with E-state index in [1.54, 1.807) is 42.7 Å². The second-order valence-electron chi connectivity index (χ2n) is 3.28. The van der Waals surface area contributed by atoms with Gasteiger partial charge in [-0.05, 0) is 35.6 Å². The summed E-state index contributed by atoms with van der Waals surface area (Å²) in [5.41, 5.74) is 3.33. The second kappa shape index (κ2) is 4.51. The lowest BCUT2D eigenvalue weighted by Crippen LogP contribution is -2.24. The Bertz CT molecular complexity index is 590. The molecular formula is C13H10O3. The SMILES string of the molecule is O=C(O)c1ccc2/c(c1)=C/C=C\OCC=C=2. The molecule has 0 radical (unpaired) electrons. The highest BCUT2D eigenvalue weighted by molar-refractivity contribution is 5.87. The molecule has 0 saturated carbocycles. The van der Waals surface area contributed by atoms with Crippen LogP contribution in [0.5, 0.6) is 0 Å². The van der Waals surface area contributed by atoms with E-state index >= 15 is 0 Å². The second-order valence-corrected chi connectivity index (χ2v) is 3.28. The topological polar surface area (TPSA) is 46.5 Å². The molecule has 0 saturated heterocycles. The summed E-state index contributed by atoms with van der Waals surface area (Å²) >= 11 is 0. The van der Waals surface area contributed by atoms with Gasteiger partial charge in [0.1, 0.15) is 6.61 Å². The molecule has 3 heteroatoms. The predicted molar refractivity (Wildman–Crippen MR) is 60.2 cm³/mol. The first-order valence-corrected chi connectivity index (χ1v) is 4.84. The van der Waals surface area contributed by atoms with Crippen LogP contribution in [-0.4, -0.2) is 17.7 Å². The number of rotatable bonds is 1. The summed E-state index contributed by atoms with van der Waals surface area (Å²) in [5.74, 6) is -0.930. The average Bonchev–Trinajstić information content (AvgIpc) is 2.39. The summed E-state index contributed by atoms with van der Waals surface area (Å²) in [6.45, 7) is 0.463. The molecule has 1 aromatic carbocycles. The number of carboxylic acids is 1. The standard InChI is InChI=1S/C13H10O3/c14-13(15)12-6-5-10-3-1-7-16-8-2-4-11(10)9-12/h1-2,4-6,8-9H,7H2,(H,14,15)/b8-2-,11-4+. The largest absolute Gasteiger partial charge is 0.496 e. The van der Waals surface area contributed by atoms with Crippen LogP contribution in [0.15, 0.2) is 36.6 Å². The number of carboxylic acid groups (broad SMARTS) is 1. The Balaban J connectivity index is 2.72. The maximum atomic E-state index is 10.8. The van der Waals surface area contributed by atoms with Crippen molar-refractivity contribution < 1.29 is 14.6 Å². The van der Waals surface area contributed by atoms with Gasteiger partial charge in [0.15, 0.2) is 0 Å². The van der Waals surface area contributed by atoms with E-state index in [0.717, 1.165) is 10.4 Å². The Hall–Kier alpha value is -2.25. The zero-order chi connectivity index (χ0) is 11.4. The highest BCUT2D eigenvalue weighted by atomic mass is 16.5. The lowest BCUT2D eigenvalue weighted by molar-refractivity contribution is 0.0697. The van der Waals surface area contributed by atoms with E-state index in [2.05, 4.69) is 5.73 Å². The predicted octanol–water partition coefficient (Wildman–Crippen LogP) is 0.645. The maximum absolute atomic E-state index is 10.8. The quantitative estimate of drug-likeness (QED) is 0.746. The van der Waals surface area contributed by atoms with Gasteiger partial charge >= 0.3 is 5.97 Å². The van der Waals surface area contributed by atoms with E-state index in [0.29, 0.717) is 6.61 Å². The van der Waals surface area contributed by atoms with Crippen molar-refractivity contribution in [2.75, 3.05) is 6.61 Å². The zero-order valence-corrected chi connectivity index (χ0v) is 8.51. The number of hydrogen-bond donors (Lipinski definition) is 1. The molecule has 16 heavy (non-hydrogen) atoms. The van der Waals surface area contributed by atoms with Crippen molar-refractivity contribution in [3.63, 3.8) is 0 Å². The van der Waals surface area contributed by atoms with Crippen LogP contribution in [0.1, 0.15) is 10.4 Å². The minimum absolute atomic E-state index is 0.269. The third kappa shape index (κ3) is 2.22.